The lowest BCUT2D eigenvalue weighted by atomic mass is 10.00. The smallest absolute Gasteiger partial charge is 0.410 e. The molecule has 0 N–H and O–H groups in total. The molecule has 7 nitrogen and oxygen atoms in total. The number of carbonyl (C=O) groups excluding carboxylic acids is 2. The second-order valence-corrected chi connectivity index (χ2v) is 9.40. The van der Waals surface area contributed by atoms with Gasteiger partial charge in [0.1, 0.15) is 5.60 Å². The van der Waals surface area contributed by atoms with Gasteiger partial charge in [0, 0.05) is 13.6 Å². The van der Waals surface area contributed by atoms with E-state index in [0.29, 0.717) is 25.2 Å². The molecule has 0 atom stereocenters. The van der Waals surface area contributed by atoms with Gasteiger partial charge in [-0.2, -0.15) is 5.10 Å². The Kier molecular flexibility index (Phi) is 4.87. The summed E-state index contributed by atoms with van der Waals surface area (Å²) in [7, 11) is 1.87. The first kappa shape index (κ1) is 20.4. The number of carbonyl (C=O) groups is 2. The lowest BCUT2D eigenvalue weighted by Crippen LogP contribution is -2.43. The largest absolute Gasteiger partial charge is 0.444 e. The maximum Gasteiger partial charge on any atom is 0.410 e. The predicted molar refractivity (Wildman–Crippen MR) is 113 cm³/mol. The zero-order valence-corrected chi connectivity index (χ0v) is 18.4. The van der Waals surface area contributed by atoms with E-state index in [9.17, 15) is 9.59 Å². The summed E-state index contributed by atoms with van der Waals surface area (Å²) in [5, 5.41) is 4.41. The van der Waals surface area contributed by atoms with Crippen molar-refractivity contribution in [3.63, 3.8) is 0 Å². The van der Waals surface area contributed by atoms with Gasteiger partial charge in [0.05, 0.1) is 36.1 Å². The monoisotopic (exact) mass is 410 g/mol. The molecule has 2 heterocycles. The Balaban J connectivity index is 1.56. The van der Waals surface area contributed by atoms with Gasteiger partial charge in [-0.05, 0) is 46.1 Å². The van der Waals surface area contributed by atoms with Crippen LogP contribution in [0.1, 0.15) is 60.8 Å². The number of benzene rings is 1. The third-order valence-electron chi connectivity index (χ3n) is 5.98. The lowest BCUT2D eigenvalue weighted by Gasteiger charge is -2.32. The maximum atomic E-state index is 13.5. The van der Waals surface area contributed by atoms with Crippen LogP contribution < -0.4 is 0 Å². The molecule has 7 heteroatoms. The highest BCUT2D eigenvalue weighted by Crippen LogP contribution is 2.51. The number of aromatic nitrogens is 2. The Bertz CT molecular complexity index is 985. The van der Waals surface area contributed by atoms with E-state index in [0.717, 1.165) is 18.5 Å². The molecule has 1 fully saturated rings. The van der Waals surface area contributed by atoms with Crippen molar-refractivity contribution in [3.05, 3.63) is 52.8 Å². The molecule has 0 saturated heterocycles. The highest BCUT2D eigenvalue weighted by molar-refractivity contribution is 5.96. The summed E-state index contributed by atoms with van der Waals surface area (Å²) in [6.45, 7) is 9.01. The first-order valence-electron chi connectivity index (χ1n) is 10.5. The summed E-state index contributed by atoms with van der Waals surface area (Å²) >= 11 is 0. The van der Waals surface area contributed by atoms with Gasteiger partial charge in [0.15, 0.2) is 0 Å². The van der Waals surface area contributed by atoms with Gasteiger partial charge < -0.3 is 14.5 Å². The highest BCUT2D eigenvalue weighted by atomic mass is 16.6. The van der Waals surface area contributed by atoms with Gasteiger partial charge in [0.25, 0.3) is 5.91 Å². The van der Waals surface area contributed by atoms with E-state index in [1.807, 2.05) is 43.5 Å². The molecule has 1 aliphatic heterocycles. The molecule has 30 heavy (non-hydrogen) atoms. The minimum atomic E-state index is -0.556. The van der Waals surface area contributed by atoms with Crippen LogP contribution >= 0.6 is 0 Å². The van der Waals surface area contributed by atoms with Crippen molar-refractivity contribution in [3.8, 4) is 0 Å². The average Bonchev–Trinajstić information content (AvgIpc) is 3.39. The normalized spacial score (nSPS) is 17.3. The number of rotatable bonds is 3. The second-order valence-electron chi connectivity index (χ2n) is 9.40. The first-order chi connectivity index (χ1) is 14.1. The third-order valence-corrected chi connectivity index (χ3v) is 5.98. The van der Waals surface area contributed by atoms with E-state index in [-0.39, 0.29) is 17.5 Å². The highest BCUT2D eigenvalue weighted by Gasteiger charge is 2.50. The van der Waals surface area contributed by atoms with E-state index in [4.69, 9.17) is 4.74 Å². The maximum absolute atomic E-state index is 13.5. The molecule has 160 valence electrons. The first-order valence-corrected chi connectivity index (χ1v) is 10.5. The van der Waals surface area contributed by atoms with Crippen molar-refractivity contribution in [1.29, 1.82) is 0 Å². The Morgan fingerprint density at radius 1 is 1.20 bits per heavy atom. The zero-order chi connectivity index (χ0) is 21.7. The van der Waals surface area contributed by atoms with Crippen molar-refractivity contribution in [2.45, 2.75) is 64.8 Å². The van der Waals surface area contributed by atoms with E-state index < -0.39 is 5.60 Å². The Morgan fingerprint density at radius 2 is 1.93 bits per heavy atom. The quantitative estimate of drug-likeness (QED) is 0.774. The van der Waals surface area contributed by atoms with Crippen molar-refractivity contribution in [2.75, 3.05) is 13.6 Å². The summed E-state index contributed by atoms with van der Waals surface area (Å²) in [5.41, 5.74) is 2.89. The SMILES string of the molecule is Cc1cccc(C2(N(C)C(=O)c3cnn4c3CN(C(=O)OC(C)(C)C)CC4)CC2)c1. The van der Waals surface area contributed by atoms with Crippen LogP contribution in [0.5, 0.6) is 0 Å². The molecule has 1 aromatic heterocycles. The van der Waals surface area contributed by atoms with E-state index in [1.165, 1.54) is 11.1 Å². The van der Waals surface area contributed by atoms with Crippen LogP contribution in [-0.2, 0) is 23.4 Å². The molecular weight excluding hydrogens is 380 g/mol. The minimum absolute atomic E-state index is 0.0544. The van der Waals surface area contributed by atoms with Gasteiger partial charge in [-0.3, -0.25) is 9.48 Å². The minimum Gasteiger partial charge on any atom is -0.444 e. The summed E-state index contributed by atoms with van der Waals surface area (Å²) in [5.74, 6) is -0.0544. The van der Waals surface area contributed by atoms with E-state index in [1.54, 1.807) is 11.1 Å². The molecule has 2 aliphatic rings. The van der Waals surface area contributed by atoms with Crippen LogP contribution in [0.4, 0.5) is 4.79 Å². The van der Waals surface area contributed by atoms with Gasteiger partial charge in [-0.15, -0.1) is 0 Å². The van der Waals surface area contributed by atoms with Crippen molar-refractivity contribution in [2.24, 2.45) is 0 Å². The molecule has 2 aromatic rings. The van der Waals surface area contributed by atoms with Crippen LogP contribution in [0.2, 0.25) is 0 Å². The van der Waals surface area contributed by atoms with Crippen LogP contribution in [0.3, 0.4) is 0 Å². The van der Waals surface area contributed by atoms with Crippen LogP contribution in [-0.4, -0.2) is 50.8 Å². The van der Waals surface area contributed by atoms with Crippen molar-refractivity contribution < 1.29 is 14.3 Å². The molecule has 1 aromatic carbocycles. The average molecular weight is 411 g/mol. The fourth-order valence-corrected chi connectivity index (χ4v) is 4.15. The number of amides is 2. The predicted octanol–water partition coefficient (Wildman–Crippen LogP) is 3.70. The summed E-state index contributed by atoms with van der Waals surface area (Å²) in [4.78, 5) is 29.5. The van der Waals surface area contributed by atoms with Gasteiger partial charge in [0.2, 0.25) is 0 Å². The van der Waals surface area contributed by atoms with Gasteiger partial charge in [-0.1, -0.05) is 29.8 Å². The van der Waals surface area contributed by atoms with Crippen LogP contribution in [0.25, 0.3) is 0 Å². The van der Waals surface area contributed by atoms with E-state index in [2.05, 4.69) is 30.2 Å². The van der Waals surface area contributed by atoms with Crippen molar-refractivity contribution in [1.82, 2.24) is 19.6 Å². The molecular formula is C23H30N4O3. The molecule has 4 rings (SSSR count). The second kappa shape index (κ2) is 7.15. The fourth-order valence-electron chi connectivity index (χ4n) is 4.15. The van der Waals surface area contributed by atoms with Gasteiger partial charge in [-0.25, -0.2) is 4.79 Å². The summed E-state index contributed by atoms with van der Waals surface area (Å²) in [6.07, 6.45) is 3.18. The lowest BCUT2D eigenvalue weighted by molar-refractivity contribution is 0.0192. The Morgan fingerprint density at radius 3 is 2.57 bits per heavy atom. The number of ether oxygens (including phenoxy) is 1. The molecule has 2 amide bonds. The van der Waals surface area contributed by atoms with Gasteiger partial charge >= 0.3 is 6.09 Å². The number of fused-ring (bicyclic) bond motifs is 1. The number of aryl methyl sites for hydroxylation is 1. The summed E-state index contributed by atoms with van der Waals surface area (Å²) < 4.78 is 7.34. The Labute approximate surface area is 177 Å². The van der Waals surface area contributed by atoms with Crippen LogP contribution in [0.15, 0.2) is 30.5 Å². The fraction of sp³-hybridized carbons (Fsp3) is 0.522. The number of nitrogens with zero attached hydrogens (tertiary/aromatic N) is 4. The summed E-state index contributed by atoms with van der Waals surface area (Å²) in [6, 6.07) is 8.38. The topological polar surface area (TPSA) is 67.7 Å². The molecule has 1 saturated carbocycles. The Hall–Kier alpha value is -2.83. The molecule has 0 radical (unpaired) electrons. The number of hydrogen-bond donors (Lipinski definition) is 0. The molecule has 0 bridgehead atoms. The van der Waals surface area contributed by atoms with E-state index >= 15 is 0 Å². The third kappa shape index (κ3) is 3.68. The molecule has 1 aliphatic carbocycles. The zero-order valence-electron chi connectivity index (χ0n) is 18.4. The van der Waals surface area contributed by atoms with Crippen molar-refractivity contribution >= 4 is 12.0 Å². The number of hydrogen-bond acceptors (Lipinski definition) is 4. The molecule has 0 spiro atoms. The molecule has 0 unspecified atom stereocenters. The standard InChI is InChI=1S/C23H30N4O3/c1-16-7-6-8-17(13-16)23(9-10-23)25(5)20(28)18-14-24-27-12-11-26(15-19(18)27)21(29)30-22(2,3)4/h6-8,13-14H,9-12,15H2,1-5H3. The van der Waals surface area contributed by atoms with Crippen LogP contribution in [0, 0.1) is 6.92 Å².